The van der Waals surface area contributed by atoms with E-state index in [-0.39, 0.29) is 5.75 Å². The molecule has 3 N–H and O–H groups in total. The van der Waals surface area contributed by atoms with E-state index in [1.165, 1.54) is 0 Å². The normalized spacial score (nSPS) is 10.5. The fraction of sp³-hybridized carbons (Fsp3) is 0.182. The van der Waals surface area contributed by atoms with E-state index in [0.29, 0.717) is 13.0 Å². The first kappa shape index (κ1) is 9.73. The second kappa shape index (κ2) is 4.14. The number of rotatable bonds is 3. The number of phenols is 1. The Morgan fingerprint density at radius 1 is 1.40 bits per heavy atom. The van der Waals surface area contributed by atoms with E-state index in [0.717, 1.165) is 16.9 Å². The standard InChI is InChI=1S/C11H12N2O2/c12-6-9-7-13-15-11(9)5-8-2-1-3-10(14)4-8/h1-4,7,14H,5-6,12H2. The van der Waals surface area contributed by atoms with E-state index in [9.17, 15) is 5.11 Å². The number of aromatic hydroxyl groups is 1. The van der Waals surface area contributed by atoms with Gasteiger partial charge in [-0.1, -0.05) is 17.3 Å². The van der Waals surface area contributed by atoms with E-state index in [1.807, 2.05) is 6.07 Å². The first-order valence-electron chi connectivity index (χ1n) is 4.70. The molecule has 0 unspecified atom stereocenters. The monoisotopic (exact) mass is 204 g/mol. The van der Waals surface area contributed by atoms with Crippen molar-refractivity contribution in [3.63, 3.8) is 0 Å². The molecule has 0 amide bonds. The average molecular weight is 204 g/mol. The highest BCUT2D eigenvalue weighted by molar-refractivity contribution is 5.30. The lowest BCUT2D eigenvalue weighted by Gasteiger charge is -2.00. The Labute approximate surface area is 87.3 Å². The van der Waals surface area contributed by atoms with Crippen molar-refractivity contribution in [2.24, 2.45) is 5.73 Å². The van der Waals surface area contributed by atoms with Gasteiger partial charge in [0.25, 0.3) is 0 Å². The van der Waals surface area contributed by atoms with Crippen molar-refractivity contribution >= 4 is 0 Å². The van der Waals surface area contributed by atoms with Crippen LogP contribution in [0.1, 0.15) is 16.9 Å². The van der Waals surface area contributed by atoms with E-state index >= 15 is 0 Å². The van der Waals surface area contributed by atoms with Gasteiger partial charge in [0.05, 0.1) is 6.20 Å². The van der Waals surface area contributed by atoms with E-state index in [1.54, 1.807) is 24.4 Å². The Bertz CT molecular complexity index is 451. The highest BCUT2D eigenvalue weighted by Gasteiger charge is 2.07. The van der Waals surface area contributed by atoms with Gasteiger partial charge in [0.2, 0.25) is 0 Å². The maximum Gasteiger partial charge on any atom is 0.145 e. The maximum absolute atomic E-state index is 9.30. The Kier molecular flexibility index (Phi) is 2.69. The van der Waals surface area contributed by atoms with Crippen molar-refractivity contribution in [2.75, 3.05) is 0 Å². The second-order valence-corrected chi connectivity index (χ2v) is 3.33. The Morgan fingerprint density at radius 3 is 3.00 bits per heavy atom. The highest BCUT2D eigenvalue weighted by atomic mass is 16.5. The van der Waals surface area contributed by atoms with Crippen LogP contribution in [0.5, 0.6) is 5.75 Å². The number of benzene rings is 1. The molecular formula is C11H12N2O2. The lowest BCUT2D eigenvalue weighted by atomic mass is 10.1. The van der Waals surface area contributed by atoms with Gasteiger partial charge < -0.3 is 15.4 Å². The van der Waals surface area contributed by atoms with Crippen molar-refractivity contribution in [1.82, 2.24) is 5.16 Å². The van der Waals surface area contributed by atoms with Crippen molar-refractivity contribution < 1.29 is 9.63 Å². The van der Waals surface area contributed by atoms with Gasteiger partial charge in [-0.25, -0.2) is 0 Å². The van der Waals surface area contributed by atoms with Gasteiger partial charge in [-0.2, -0.15) is 0 Å². The lowest BCUT2D eigenvalue weighted by molar-refractivity contribution is 0.388. The Morgan fingerprint density at radius 2 is 2.27 bits per heavy atom. The van der Waals surface area contributed by atoms with E-state index in [4.69, 9.17) is 10.3 Å². The molecule has 0 saturated heterocycles. The third kappa shape index (κ3) is 2.16. The van der Waals surface area contributed by atoms with E-state index < -0.39 is 0 Å². The molecule has 0 aliphatic rings. The van der Waals surface area contributed by atoms with Crippen LogP contribution in [0, 0.1) is 0 Å². The molecule has 1 heterocycles. The summed E-state index contributed by atoms with van der Waals surface area (Å²) in [6.45, 7) is 0.414. The fourth-order valence-corrected chi connectivity index (χ4v) is 1.45. The largest absolute Gasteiger partial charge is 0.508 e. The predicted molar refractivity (Wildman–Crippen MR) is 55.3 cm³/mol. The van der Waals surface area contributed by atoms with Crippen molar-refractivity contribution in [2.45, 2.75) is 13.0 Å². The summed E-state index contributed by atoms with van der Waals surface area (Å²) >= 11 is 0. The van der Waals surface area contributed by atoms with Gasteiger partial charge in [-0.15, -0.1) is 0 Å². The third-order valence-electron chi connectivity index (χ3n) is 2.22. The highest BCUT2D eigenvalue weighted by Crippen LogP contribution is 2.17. The molecule has 4 nitrogen and oxygen atoms in total. The van der Waals surface area contributed by atoms with Crippen LogP contribution < -0.4 is 5.73 Å². The molecule has 0 saturated carbocycles. The molecule has 0 spiro atoms. The van der Waals surface area contributed by atoms with Crippen molar-refractivity contribution in [3.8, 4) is 5.75 Å². The smallest absolute Gasteiger partial charge is 0.145 e. The molecule has 2 aromatic rings. The van der Waals surface area contributed by atoms with Crippen LogP contribution >= 0.6 is 0 Å². The molecule has 1 aromatic carbocycles. The summed E-state index contributed by atoms with van der Waals surface area (Å²) < 4.78 is 5.09. The van der Waals surface area contributed by atoms with Crippen LogP contribution in [-0.2, 0) is 13.0 Å². The molecule has 1 aromatic heterocycles. The minimum Gasteiger partial charge on any atom is -0.508 e. The minimum atomic E-state index is 0.251. The van der Waals surface area contributed by atoms with Gasteiger partial charge in [-0.3, -0.25) is 0 Å². The molecule has 0 aliphatic carbocycles. The first-order chi connectivity index (χ1) is 7.29. The molecule has 78 valence electrons. The van der Waals surface area contributed by atoms with Gasteiger partial charge in [-0.05, 0) is 17.7 Å². The summed E-state index contributed by atoms with van der Waals surface area (Å²) in [4.78, 5) is 0. The summed E-state index contributed by atoms with van der Waals surface area (Å²) in [5.74, 6) is 1.00. The zero-order valence-corrected chi connectivity index (χ0v) is 8.18. The average Bonchev–Trinajstić information content (AvgIpc) is 2.65. The molecule has 2 rings (SSSR count). The molecule has 0 bridgehead atoms. The number of hydrogen-bond acceptors (Lipinski definition) is 4. The number of nitrogens with zero attached hydrogens (tertiary/aromatic N) is 1. The summed E-state index contributed by atoms with van der Waals surface area (Å²) in [6, 6.07) is 7.04. The fourth-order valence-electron chi connectivity index (χ4n) is 1.45. The topological polar surface area (TPSA) is 72.3 Å². The first-order valence-corrected chi connectivity index (χ1v) is 4.70. The quantitative estimate of drug-likeness (QED) is 0.793. The van der Waals surface area contributed by atoms with Crippen molar-refractivity contribution in [1.29, 1.82) is 0 Å². The number of nitrogens with two attached hydrogens (primary N) is 1. The molecule has 0 fully saturated rings. The van der Waals surface area contributed by atoms with Crippen LogP contribution in [0.25, 0.3) is 0 Å². The molecular weight excluding hydrogens is 192 g/mol. The number of aromatic nitrogens is 1. The molecule has 15 heavy (non-hydrogen) atoms. The van der Waals surface area contributed by atoms with Crippen LogP contribution in [0.15, 0.2) is 35.0 Å². The Balaban J connectivity index is 2.22. The van der Waals surface area contributed by atoms with Gasteiger partial charge in [0, 0.05) is 18.5 Å². The predicted octanol–water partition coefficient (Wildman–Crippen LogP) is 1.43. The van der Waals surface area contributed by atoms with Crippen LogP contribution in [0.2, 0.25) is 0 Å². The molecule has 0 atom stereocenters. The zero-order valence-electron chi connectivity index (χ0n) is 8.18. The van der Waals surface area contributed by atoms with Gasteiger partial charge in [0.15, 0.2) is 0 Å². The van der Waals surface area contributed by atoms with Gasteiger partial charge in [0.1, 0.15) is 11.5 Å². The maximum atomic E-state index is 9.30. The number of hydrogen-bond donors (Lipinski definition) is 2. The molecule has 4 heteroatoms. The van der Waals surface area contributed by atoms with E-state index in [2.05, 4.69) is 5.16 Å². The minimum absolute atomic E-state index is 0.251. The van der Waals surface area contributed by atoms with Gasteiger partial charge >= 0.3 is 0 Å². The van der Waals surface area contributed by atoms with Crippen molar-refractivity contribution in [3.05, 3.63) is 47.3 Å². The van der Waals surface area contributed by atoms with Crippen LogP contribution in [0.4, 0.5) is 0 Å². The lowest BCUT2D eigenvalue weighted by Crippen LogP contribution is -1.98. The second-order valence-electron chi connectivity index (χ2n) is 3.33. The Hall–Kier alpha value is -1.81. The third-order valence-corrected chi connectivity index (χ3v) is 2.22. The summed E-state index contributed by atoms with van der Waals surface area (Å²) in [6.07, 6.45) is 2.22. The number of phenolic OH excluding ortho intramolecular Hbond substituents is 1. The van der Waals surface area contributed by atoms with Crippen LogP contribution in [0.3, 0.4) is 0 Å². The molecule has 0 aliphatic heterocycles. The summed E-state index contributed by atoms with van der Waals surface area (Å²) in [5, 5.41) is 13.0. The van der Waals surface area contributed by atoms with Crippen LogP contribution in [-0.4, -0.2) is 10.3 Å². The molecule has 0 radical (unpaired) electrons. The zero-order chi connectivity index (χ0) is 10.7. The summed E-state index contributed by atoms with van der Waals surface area (Å²) in [7, 11) is 0. The summed E-state index contributed by atoms with van der Waals surface area (Å²) in [5.41, 5.74) is 7.40. The SMILES string of the molecule is NCc1cnoc1Cc1cccc(O)c1.